The second-order valence-electron chi connectivity index (χ2n) is 6.98. The molecule has 144 valence electrons. The van der Waals surface area contributed by atoms with Crippen molar-refractivity contribution in [3.05, 3.63) is 65.7 Å². The quantitative estimate of drug-likeness (QED) is 0.778. The number of carbonyl (C=O) groups is 1. The fraction of sp³-hybridized carbons (Fsp3) is 0.409. The lowest BCUT2D eigenvalue weighted by molar-refractivity contribution is -0.122. The van der Waals surface area contributed by atoms with Crippen LogP contribution in [-0.2, 0) is 11.3 Å². The fourth-order valence-electron chi connectivity index (χ4n) is 3.24. The topological polar surface area (TPSA) is 44.8 Å². The van der Waals surface area contributed by atoms with Gasteiger partial charge in [0.2, 0.25) is 5.91 Å². The maximum absolute atomic E-state index is 12.2. The minimum absolute atomic E-state index is 0.0964. The average molecular weight is 367 g/mol. The maximum Gasteiger partial charge on any atom is 0.234 e. The van der Waals surface area contributed by atoms with Crippen LogP contribution in [0.5, 0.6) is 5.75 Å². The zero-order chi connectivity index (χ0) is 18.9. The van der Waals surface area contributed by atoms with Crippen molar-refractivity contribution in [2.45, 2.75) is 13.5 Å². The lowest BCUT2D eigenvalue weighted by Crippen LogP contribution is -2.50. The van der Waals surface area contributed by atoms with E-state index >= 15 is 0 Å². The van der Waals surface area contributed by atoms with Gasteiger partial charge in [0.05, 0.1) is 6.54 Å². The van der Waals surface area contributed by atoms with E-state index in [1.165, 1.54) is 11.1 Å². The molecule has 1 fully saturated rings. The van der Waals surface area contributed by atoms with Crippen LogP contribution in [0.15, 0.2) is 54.6 Å². The molecule has 2 aromatic rings. The number of rotatable bonds is 8. The highest BCUT2D eigenvalue weighted by Gasteiger charge is 2.18. The third-order valence-electron chi connectivity index (χ3n) is 4.99. The molecule has 27 heavy (non-hydrogen) atoms. The Morgan fingerprint density at radius 1 is 0.963 bits per heavy atom. The SMILES string of the molecule is Cc1ccccc1CNC(=O)CN1CCN(CCOc2ccccc2)CC1. The maximum atomic E-state index is 12.2. The Labute approximate surface area is 161 Å². The number of nitrogens with one attached hydrogen (secondary N) is 1. The van der Waals surface area contributed by atoms with E-state index in [1.807, 2.05) is 42.5 Å². The van der Waals surface area contributed by atoms with Gasteiger partial charge in [-0.25, -0.2) is 0 Å². The third-order valence-corrected chi connectivity index (χ3v) is 4.99. The number of piperazine rings is 1. The molecule has 0 radical (unpaired) electrons. The van der Waals surface area contributed by atoms with Gasteiger partial charge < -0.3 is 10.1 Å². The van der Waals surface area contributed by atoms with Gasteiger partial charge in [0.1, 0.15) is 12.4 Å². The average Bonchev–Trinajstić information content (AvgIpc) is 2.69. The number of hydrogen-bond acceptors (Lipinski definition) is 4. The molecular weight excluding hydrogens is 338 g/mol. The van der Waals surface area contributed by atoms with Gasteiger partial charge in [-0.2, -0.15) is 0 Å². The van der Waals surface area contributed by atoms with Crippen LogP contribution in [0, 0.1) is 6.92 Å². The molecule has 0 aliphatic carbocycles. The Bertz CT molecular complexity index is 713. The Balaban J connectivity index is 1.31. The molecule has 5 heteroatoms. The summed E-state index contributed by atoms with van der Waals surface area (Å²) in [6.07, 6.45) is 0. The molecule has 1 amide bonds. The molecule has 1 aliphatic heterocycles. The van der Waals surface area contributed by atoms with Gasteiger partial charge in [-0.05, 0) is 30.2 Å². The molecule has 1 heterocycles. The van der Waals surface area contributed by atoms with Crippen LogP contribution in [0.1, 0.15) is 11.1 Å². The van der Waals surface area contributed by atoms with Crippen molar-refractivity contribution in [2.75, 3.05) is 45.9 Å². The number of para-hydroxylation sites is 1. The van der Waals surface area contributed by atoms with Gasteiger partial charge in [0.25, 0.3) is 0 Å². The first-order valence-corrected chi connectivity index (χ1v) is 9.64. The summed E-state index contributed by atoms with van der Waals surface area (Å²) in [6.45, 7) is 8.55. The van der Waals surface area contributed by atoms with Crippen molar-refractivity contribution in [3.63, 3.8) is 0 Å². The van der Waals surface area contributed by atoms with E-state index in [0.29, 0.717) is 19.7 Å². The second kappa shape index (κ2) is 10.1. The highest BCUT2D eigenvalue weighted by molar-refractivity contribution is 5.78. The van der Waals surface area contributed by atoms with E-state index in [9.17, 15) is 4.79 Å². The van der Waals surface area contributed by atoms with E-state index < -0.39 is 0 Å². The van der Waals surface area contributed by atoms with Crippen molar-refractivity contribution in [1.82, 2.24) is 15.1 Å². The van der Waals surface area contributed by atoms with Crippen LogP contribution < -0.4 is 10.1 Å². The normalized spacial score (nSPS) is 15.4. The zero-order valence-electron chi connectivity index (χ0n) is 16.1. The molecular formula is C22H29N3O2. The van der Waals surface area contributed by atoms with Crippen LogP contribution in [0.3, 0.4) is 0 Å². The van der Waals surface area contributed by atoms with E-state index in [2.05, 4.69) is 34.2 Å². The monoisotopic (exact) mass is 367 g/mol. The van der Waals surface area contributed by atoms with Crippen molar-refractivity contribution in [3.8, 4) is 5.75 Å². The molecule has 0 bridgehead atoms. The first-order valence-electron chi connectivity index (χ1n) is 9.64. The number of hydrogen-bond donors (Lipinski definition) is 1. The summed E-state index contributed by atoms with van der Waals surface area (Å²) in [5, 5.41) is 3.04. The number of nitrogens with zero attached hydrogens (tertiary/aromatic N) is 2. The predicted molar refractivity (Wildman–Crippen MR) is 108 cm³/mol. The summed E-state index contributed by atoms with van der Waals surface area (Å²) in [5.74, 6) is 1.01. The van der Waals surface area contributed by atoms with E-state index in [1.54, 1.807) is 0 Å². The Morgan fingerprint density at radius 3 is 2.37 bits per heavy atom. The fourth-order valence-corrected chi connectivity index (χ4v) is 3.24. The number of benzene rings is 2. The van der Waals surface area contributed by atoms with Crippen LogP contribution in [0.25, 0.3) is 0 Å². The van der Waals surface area contributed by atoms with E-state index in [0.717, 1.165) is 38.5 Å². The molecule has 1 saturated heterocycles. The summed E-state index contributed by atoms with van der Waals surface area (Å²) in [7, 11) is 0. The summed E-state index contributed by atoms with van der Waals surface area (Å²) in [5.41, 5.74) is 2.39. The van der Waals surface area contributed by atoms with Crippen LogP contribution in [-0.4, -0.2) is 61.6 Å². The summed E-state index contributed by atoms with van der Waals surface area (Å²) < 4.78 is 5.76. The largest absolute Gasteiger partial charge is 0.492 e. The molecule has 1 aliphatic rings. The summed E-state index contributed by atoms with van der Waals surface area (Å²) >= 11 is 0. The van der Waals surface area contributed by atoms with Crippen molar-refractivity contribution < 1.29 is 9.53 Å². The molecule has 1 N–H and O–H groups in total. The lowest BCUT2D eigenvalue weighted by Gasteiger charge is -2.34. The molecule has 0 spiro atoms. The molecule has 3 rings (SSSR count). The Hall–Kier alpha value is -2.37. The molecule has 0 saturated carbocycles. The minimum Gasteiger partial charge on any atom is -0.492 e. The van der Waals surface area contributed by atoms with Crippen molar-refractivity contribution in [2.24, 2.45) is 0 Å². The Morgan fingerprint density at radius 2 is 1.63 bits per heavy atom. The van der Waals surface area contributed by atoms with Gasteiger partial charge >= 0.3 is 0 Å². The van der Waals surface area contributed by atoms with Gasteiger partial charge in [-0.1, -0.05) is 42.5 Å². The predicted octanol–water partition coefficient (Wildman–Crippen LogP) is 2.31. The van der Waals surface area contributed by atoms with Crippen molar-refractivity contribution in [1.29, 1.82) is 0 Å². The third kappa shape index (κ3) is 6.38. The smallest absolute Gasteiger partial charge is 0.234 e. The molecule has 2 aromatic carbocycles. The molecule has 0 unspecified atom stereocenters. The second-order valence-corrected chi connectivity index (χ2v) is 6.98. The zero-order valence-corrected chi connectivity index (χ0v) is 16.1. The minimum atomic E-state index is 0.0964. The highest BCUT2D eigenvalue weighted by atomic mass is 16.5. The molecule has 5 nitrogen and oxygen atoms in total. The molecule has 0 aromatic heterocycles. The molecule has 0 atom stereocenters. The number of ether oxygens (including phenoxy) is 1. The van der Waals surface area contributed by atoms with Crippen LogP contribution >= 0.6 is 0 Å². The Kier molecular flexibility index (Phi) is 7.25. The van der Waals surface area contributed by atoms with Crippen LogP contribution in [0.2, 0.25) is 0 Å². The van der Waals surface area contributed by atoms with Gasteiger partial charge in [0, 0.05) is 39.3 Å². The van der Waals surface area contributed by atoms with Gasteiger partial charge in [0.15, 0.2) is 0 Å². The first kappa shape index (κ1) is 19.4. The standard InChI is InChI=1S/C22H29N3O2/c1-19-7-5-6-8-20(19)17-23-22(26)18-25-13-11-24(12-14-25)15-16-27-21-9-3-2-4-10-21/h2-10H,11-18H2,1H3,(H,23,26). The first-order chi connectivity index (χ1) is 13.2. The van der Waals surface area contributed by atoms with Gasteiger partial charge in [-0.3, -0.25) is 14.6 Å². The summed E-state index contributed by atoms with van der Waals surface area (Å²) in [6, 6.07) is 18.1. The lowest BCUT2D eigenvalue weighted by atomic mass is 10.1. The van der Waals surface area contributed by atoms with E-state index in [-0.39, 0.29) is 5.91 Å². The number of aryl methyl sites for hydroxylation is 1. The highest BCUT2D eigenvalue weighted by Crippen LogP contribution is 2.09. The van der Waals surface area contributed by atoms with Crippen molar-refractivity contribution >= 4 is 5.91 Å². The van der Waals surface area contributed by atoms with Crippen LogP contribution in [0.4, 0.5) is 0 Å². The number of amides is 1. The van der Waals surface area contributed by atoms with E-state index in [4.69, 9.17) is 4.74 Å². The number of carbonyl (C=O) groups excluding carboxylic acids is 1. The van der Waals surface area contributed by atoms with Gasteiger partial charge in [-0.15, -0.1) is 0 Å². The summed E-state index contributed by atoms with van der Waals surface area (Å²) in [4.78, 5) is 16.8.